The number of anilines is 1. The van der Waals surface area contributed by atoms with Crippen molar-refractivity contribution >= 4 is 16.8 Å². The lowest BCUT2D eigenvalue weighted by Gasteiger charge is -2.16. The number of nitrogen functional groups attached to an aromatic ring is 1. The summed E-state index contributed by atoms with van der Waals surface area (Å²) in [5, 5.41) is 23.7. The van der Waals surface area contributed by atoms with Gasteiger partial charge in [0.15, 0.2) is 0 Å². The minimum atomic E-state index is 0.626. The Morgan fingerprint density at radius 2 is 1.22 bits per heavy atom. The lowest BCUT2D eigenvalue weighted by atomic mass is 9.89. The number of nitrogens with two attached hydrogens (primary N) is 1. The zero-order valence-corrected chi connectivity index (χ0v) is 14.3. The number of aromatic nitrogens is 6. The fourth-order valence-electron chi connectivity index (χ4n) is 2.90. The summed E-state index contributed by atoms with van der Waals surface area (Å²) in [5.41, 5.74) is 11.7. The third kappa shape index (κ3) is 3.38. The summed E-state index contributed by atoms with van der Waals surface area (Å²) in [4.78, 5) is 0. The third-order valence-electron chi connectivity index (χ3n) is 4.06. The van der Waals surface area contributed by atoms with E-state index in [1.54, 1.807) is 18.5 Å². The fraction of sp³-hybridized carbons (Fsp3) is 0. The molecule has 0 atom stereocenters. The molecule has 4 rings (SSSR count). The van der Waals surface area contributed by atoms with Crippen molar-refractivity contribution in [2.75, 3.05) is 5.73 Å². The SMILES string of the molecule is Nc1ccccc1C(=C(c1ccccc1)c1ccnnn1)c1ccnnn1. The van der Waals surface area contributed by atoms with Crippen LogP contribution in [0.25, 0.3) is 11.1 Å². The second-order valence-electron chi connectivity index (χ2n) is 5.72. The molecule has 0 spiro atoms. The van der Waals surface area contributed by atoms with Crippen LogP contribution in [0.3, 0.4) is 0 Å². The molecule has 4 aromatic rings. The Morgan fingerprint density at radius 1 is 0.630 bits per heavy atom. The van der Waals surface area contributed by atoms with E-state index < -0.39 is 0 Å². The summed E-state index contributed by atoms with van der Waals surface area (Å²) in [5.74, 6) is 0. The number of nitrogens with zero attached hydrogens (tertiary/aromatic N) is 6. The minimum Gasteiger partial charge on any atom is -0.398 e. The molecule has 0 radical (unpaired) electrons. The number of hydrogen-bond acceptors (Lipinski definition) is 7. The summed E-state index contributed by atoms with van der Waals surface area (Å²) in [7, 11) is 0. The maximum atomic E-state index is 6.31. The van der Waals surface area contributed by atoms with E-state index in [-0.39, 0.29) is 0 Å². The Kier molecular flexibility index (Phi) is 4.57. The first-order valence-electron chi connectivity index (χ1n) is 8.28. The largest absolute Gasteiger partial charge is 0.398 e. The molecule has 2 aromatic carbocycles. The van der Waals surface area contributed by atoms with Crippen molar-refractivity contribution in [3.63, 3.8) is 0 Å². The van der Waals surface area contributed by atoms with Crippen LogP contribution in [-0.2, 0) is 0 Å². The highest BCUT2D eigenvalue weighted by molar-refractivity contribution is 6.04. The van der Waals surface area contributed by atoms with E-state index in [0.717, 1.165) is 22.3 Å². The summed E-state index contributed by atoms with van der Waals surface area (Å²) in [6.07, 6.45) is 3.21. The summed E-state index contributed by atoms with van der Waals surface area (Å²) in [6.45, 7) is 0. The molecule has 0 aliphatic heterocycles. The Bertz CT molecular complexity index is 1020. The van der Waals surface area contributed by atoms with Gasteiger partial charge in [0.25, 0.3) is 0 Å². The summed E-state index contributed by atoms with van der Waals surface area (Å²) in [6, 6.07) is 21.1. The molecule has 0 amide bonds. The van der Waals surface area contributed by atoms with E-state index in [1.807, 2.05) is 60.7 Å². The molecule has 0 aliphatic carbocycles. The highest BCUT2D eigenvalue weighted by atomic mass is 15.3. The van der Waals surface area contributed by atoms with Gasteiger partial charge in [-0.1, -0.05) is 48.5 Å². The van der Waals surface area contributed by atoms with E-state index >= 15 is 0 Å². The van der Waals surface area contributed by atoms with Gasteiger partial charge in [0.05, 0.1) is 23.8 Å². The van der Waals surface area contributed by atoms with E-state index in [2.05, 4.69) is 30.8 Å². The second-order valence-corrected chi connectivity index (χ2v) is 5.72. The van der Waals surface area contributed by atoms with Crippen LogP contribution in [0.4, 0.5) is 5.69 Å². The van der Waals surface area contributed by atoms with E-state index in [0.29, 0.717) is 17.1 Å². The summed E-state index contributed by atoms with van der Waals surface area (Å²) < 4.78 is 0. The van der Waals surface area contributed by atoms with Crippen molar-refractivity contribution in [1.82, 2.24) is 30.8 Å². The van der Waals surface area contributed by atoms with Crippen molar-refractivity contribution in [2.24, 2.45) is 0 Å². The lowest BCUT2D eigenvalue weighted by molar-refractivity contribution is 0.850. The van der Waals surface area contributed by atoms with E-state index in [4.69, 9.17) is 5.73 Å². The molecule has 0 unspecified atom stereocenters. The maximum absolute atomic E-state index is 6.31. The van der Waals surface area contributed by atoms with Gasteiger partial charge in [0.2, 0.25) is 0 Å². The molecule has 2 aromatic heterocycles. The molecule has 2 N–H and O–H groups in total. The zero-order chi connectivity index (χ0) is 18.5. The molecule has 0 aliphatic rings. The lowest BCUT2D eigenvalue weighted by Crippen LogP contribution is -2.05. The highest BCUT2D eigenvalue weighted by Crippen LogP contribution is 2.36. The van der Waals surface area contributed by atoms with Crippen LogP contribution in [0.2, 0.25) is 0 Å². The van der Waals surface area contributed by atoms with Crippen molar-refractivity contribution in [2.45, 2.75) is 0 Å². The standard InChI is InChI=1S/C20H15N7/c21-16-9-5-4-8-15(16)20(18-11-13-23-27-25-18)19(14-6-2-1-3-7-14)17-10-12-22-26-24-17/h1-13H,21H2. The number of hydrogen-bond donors (Lipinski definition) is 1. The Labute approximate surface area is 155 Å². The van der Waals surface area contributed by atoms with Crippen molar-refractivity contribution < 1.29 is 0 Å². The smallest absolute Gasteiger partial charge is 0.0977 e. The van der Waals surface area contributed by atoms with Crippen LogP contribution in [0, 0.1) is 0 Å². The maximum Gasteiger partial charge on any atom is 0.0977 e. The minimum absolute atomic E-state index is 0.626. The molecule has 27 heavy (non-hydrogen) atoms. The molecule has 0 bridgehead atoms. The van der Waals surface area contributed by atoms with E-state index in [1.165, 1.54) is 0 Å². The predicted molar refractivity (Wildman–Crippen MR) is 102 cm³/mol. The Hall–Kier alpha value is -4.00. The number of benzene rings is 2. The fourth-order valence-corrected chi connectivity index (χ4v) is 2.90. The first-order chi connectivity index (χ1) is 13.3. The first-order valence-corrected chi connectivity index (χ1v) is 8.28. The topological polar surface area (TPSA) is 103 Å². The van der Waals surface area contributed by atoms with Gasteiger partial charge < -0.3 is 5.73 Å². The molecule has 0 fully saturated rings. The third-order valence-corrected chi connectivity index (χ3v) is 4.06. The van der Waals surface area contributed by atoms with Gasteiger partial charge in [-0.25, -0.2) is 0 Å². The Morgan fingerprint density at radius 3 is 1.81 bits per heavy atom. The Balaban J connectivity index is 2.12. The average molecular weight is 353 g/mol. The van der Waals surface area contributed by atoms with Crippen LogP contribution in [0.15, 0.2) is 79.1 Å². The van der Waals surface area contributed by atoms with Gasteiger partial charge in [-0.3, -0.25) is 0 Å². The van der Waals surface area contributed by atoms with Crippen LogP contribution in [-0.4, -0.2) is 30.8 Å². The monoisotopic (exact) mass is 353 g/mol. The van der Waals surface area contributed by atoms with Gasteiger partial charge in [0, 0.05) is 22.4 Å². The molecule has 7 nitrogen and oxygen atoms in total. The highest BCUT2D eigenvalue weighted by Gasteiger charge is 2.20. The molecule has 0 saturated heterocycles. The van der Waals surface area contributed by atoms with Crippen LogP contribution >= 0.6 is 0 Å². The van der Waals surface area contributed by atoms with Crippen molar-refractivity contribution in [3.8, 4) is 0 Å². The van der Waals surface area contributed by atoms with Gasteiger partial charge in [-0.05, 0) is 34.2 Å². The van der Waals surface area contributed by atoms with Gasteiger partial charge in [0.1, 0.15) is 0 Å². The molecular formula is C20H15N7. The van der Waals surface area contributed by atoms with Crippen LogP contribution in [0.5, 0.6) is 0 Å². The normalized spacial score (nSPS) is 11.7. The molecule has 0 saturated carbocycles. The average Bonchev–Trinajstić information content (AvgIpc) is 2.74. The molecule has 7 heteroatoms. The summed E-state index contributed by atoms with van der Waals surface area (Å²) >= 11 is 0. The number of para-hydroxylation sites is 1. The number of rotatable bonds is 4. The second kappa shape index (κ2) is 7.49. The molecular weight excluding hydrogens is 338 g/mol. The van der Waals surface area contributed by atoms with Crippen LogP contribution < -0.4 is 5.73 Å². The van der Waals surface area contributed by atoms with Crippen LogP contribution in [0.1, 0.15) is 22.5 Å². The van der Waals surface area contributed by atoms with Gasteiger partial charge in [-0.2, -0.15) is 0 Å². The van der Waals surface area contributed by atoms with E-state index in [9.17, 15) is 0 Å². The zero-order valence-electron chi connectivity index (χ0n) is 14.3. The first kappa shape index (κ1) is 16.5. The quantitative estimate of drug-likeness (QED) is 0.444. The predicted octanol–water partition coefficient (Wildman–Crippen LogP) is 2.65. The van der Waals surface area contributed by atoms with Crippen molar-refractivity contribution in [1.29, 1.82) is 0 Å². The van der Waals surface area contributed by atoms with Gasteiger partial charge >= 0.3 is 0 Å². The van der Waals surface area contributed by atoms with Crippen molar-refractivity contribution in [3.05, 3.63) is 102 Å². The van der Waals surface area contributed by atoms with Gasteiger partial charge in [-0.15, -0.1) is 20.4 Å². The molecule has 130 valence electrons. The molecule has 2 heterocycles.